The van der Waals surface area contributed by atoms with Crippen molar-refractivity contribution in [2.24, 2.45) is 23.7 Å². The monoisotopic (exact) mass is 262 g/mol. The Hall–Kier alpha value is -0.790. The minimum absolute atomic E-state index is 0.166. The van der Waals surface area contributed by atoms with E-state index in [1.165, 1.54) is 51.4 Å². The second-order valence-corrected chi connectivity index (χ2v) is 6.87. The minimum Gasteiger partial charge on any atom is -0.458 e. The Kier molecular flexibility index (Phi) is 3.68. The molecule has 4 unspecified atom stereocenters. The topological polar surface area (TPSA) is 26.3 Å². The van der Waals surface area contributed by atoms with Crippen molar-refractivity contribution in [2.75, 3.05) is 0 Å². The lowest BCUT2D eigenvalue weighted by Gasteiger charge is -2.31. The number of hydrogen-bond acceptors (Lipinski definition) is 2. The molecule has 0 N–H and O–H groups in total. The quantitative estimate of drug-likeness (QED) is 0.553. The van der Waals surface area contributed by atoms with E-state index in [1.54, 1.807) is 6.92 Å². The fourth-order valence-electron chi connectivity index (χ4n) is 4.97. The first-order valence-electron chi connectivity index (χ1n) is 8.05. The second kappa shape index (κ2) is 5.30. The fraction of sp³-hybridized carbons (Fsp3) is 0.824. The van der Waals surface area contributed by atoms with Gasteiger partial charge in [-0.25, -0.2) is 4.79 Å². The third kappa shape index (κ3) is 2.34. The third-order valence-corrected chi connectivity index (χ3v) is 5.74. The number of fused-ring (bicyclic) bond motifs is 3. The van der Waals surface area contributed by atoms with Crippen LogP contribution in [0.2, 0.25) is 0 Å². The van der Waals surface area contributed by atoms with Gasteiger partial charge in [-0.2, -0.15) is 0 Å². The first kappa shape index (κ1) is 13.2. The van der Waals surface area contributed by atoms with Crippen LogP contribution in [0.5, 0.6) is 0 Å². The summed E-state index contributed by atoms with van der Waals surface area (Å²) >= 11 is 0. The summed E-state index contributed by atoms with van der Waals surface area (Å²) in [4.78, 5) is 11.9. The zero-order valence-corrected chi connectivity index (χ0v) is 12.1. The summed E-state index contributed by atoms with van der Waals surface area (Å²) in [5.74, 6) is 2.79. The fourth-order valence-corrected chi connectivity index (χ4v) is 4.97. The molecule has 3 fully saturated rings. The van der Waals surface area contributed by atoms with Gasteiger partial charge in [0.15, 0.2) is 0 Å². The van der Waals surface area contributed by atoms with E-state index in [2.05, 4.69) is 6.58 Å². The molecule has 0 saturated heterocycles. The summed E-state index contributed by atoms with van der Waals surface area (Å²) < 4.78 is 5.87. The molecule has 3 aliphatic rings. The minimum atomic E-state index is -0.166. The first-order valence-corrected chi connectivity index (χ1v) is 8.05. The summed E-state index contributed by atoms with van der Waals surface area (Å²) in [6.07, 6.45) is 10.9. The van der Waals surface area contributed by atoms with E-state index in [4.69, 9.17) is 4.74 Å². The van der Waals surface area contributed by atoms with Crippen molar-refractivity contribution in [3.8, 4) is 0 Å². The van der Waals surface area contributed by atoms with Crippen LogP contribution in [0.15, 0.2) is 12.2 Å². The van der Waals surface area contributed by atoms with Gasteiger partial charge in [-0.3, -0.25) is 0 Å². The lowest BCUT2D eigenvalue weighted by atomic mass is 9.73. The van der Waals surface area contributed by atoms with Crippen molar-refractivity contribution in [1.82, 2.24) is 0 Å². The Morgan fingerprint density at radius 3 is 1.74 bits per heavy atom. The number of rotatable bonds is 2. The molecular formula is C17H26O2. The van der Waals surface area contributed by atoms with Crippen LogP contribution in [0, 0.1) is 23.7 Å². The average molecular weight is 262 g/mol. The smallest absolute Gasteiger partial charge is 0.333 e. The normalized spacial score (nSPS) is 41.2. The van der Waals surface area contributed by atoms with Crippen LogP contribution in [0.3, 0.4) is 0 Å². The van der Waals surface area contributed by atoms with Gasteiger partial charge in [0.2, 0.25) is 0 Å². The molecule has 0 radical (unpaired) electrons. The zero-order chi connectivity index (χ0) is 13.4. The maximum atomic E-state index is 11.9. The molecular weight excluding hydrogens is 236 g/mol. The van der Waals surface area contributed by atoms with Crippen LogP contribution in [-0.4, -0.2) is 12.1 Å². The maximum Gasteiger partial charge on any atom is 0.333 e. The number of esters is 1. The highest BCUT2D eigenvalue weighted by Crippen LogP contribution is 2.55. The van der Waals surface area contributed by atoms with Gasteiger partial charge in [0.05, 0.1) is 0 Å². The largest absolute Gasteiger partial charge is 0.458 e. The van der Waals surface area contributed by atoms with Gasteiger partial charge in [-0.15, -0.1) is 0 Å². The van der Waals surface area contributed by atoms with Crippen LogP contribution in [0.4, 0.5) is 0 Å². The number of carbonyl (C=O) groups is 1. The van der Waals surface area contributed by atoms with Crippen molar-refractivity contribution in [2.45, 2.75) is 64.4 Å². The summed E-state index contributed by atoms with van der Waals surface area (Å²) in [5.41, 5.74) is 0.548. The molecule has 0 aromatic carbocycles. The summed E-state index contributed by atoms with van der Waals surface area (Å²) in [6, 6.07) is 0. The number of ether oxygens (including phenoxy) is 1. The Bertz CT molecular complexity index is 351. The van der Waals surface area contributed by atoms with E-state index in [9.17, 15) is 4.79 Å². The summed E-state index contributed by atoms with van der Waals surface area (Å²) in [6.45, 7) is 5.49. The molecule has 3 saturated carbocycles. The van der Waals surface area contributed by atoms with Gasteiger partial charge < -0.3 is 4.74 Å². The Morgan fingerprint density at radius 2 is 1.32 bits per heavy atom. The van der Waals surface area contributed by atoms with E-state index in [1.807, 2.05) is 0 Å². The Morgan fingerprint density at radius 1 is 0.895 bits per heavy atom. The standard InChI is InChI=1S/C17H26O2/c1-11(2)17(18)19-16-14-9-5-3-7-12(14)13-8-4-6-10-15(13)16/h12-16H,1,3-10H2,2H3. The Labute approximate surface area is 116 Å². The second-order valence-electron chi connectivity index (χ2n) is 6.87. The van der Waals surface area contributed by atoms with E-state index < -0.39 is 0 Å². The van der Waals surface area contributed by atoms with Crippen LogP contribution >= 0.6 is 0 Å². The van der Waals surface area contributed by atoms with Gasteiger partial charge >= 0.3 is 5.97 Å². The van der Waals surface area contributed by atoms with E-state index in [0.29, 0.717) is 17.4 Å². The number of hydrogen-bond donors (Lipinski definition) is 0. The van der Waals surface area contributed by atoms with Crippen LogP contribution in [0.1, 0.15) is 58.3 Å². The predicted molar refractivity (Wildman–Crippen MR) is 75.6 cm³/mol. The summed E-state index contributed by atoms with van der Waals surface area (Å²) in [5, 5.41) is 0. The van der Waals surface area contributed by atoms with E-state index in [0.717, 1.165) is 11.8 Å². The van der Waals surface area contributed by atoms with Gasteiger partial charge in [-0.1, -0.05) is 32.3 Å². The number of carbonyl (C=O) groups excluding carboxylic acids is 1. The molecule has 0 aromatic heterocycles. The molecule has 0 heterocycles. The van der Waals surface area contributed by atoms with E-state index >= 15 is 0 Å². The molecule has 2 nitrogen and oxygen atoms in total. The lowest BCUT2D eigenvalue weighted by molar-refractivity contribution is -0.149. The van der Waals surface area contributed by atoms with Crippen molar-refractivity contribution in [1.29, 1.82) is 0 Å². The first-order chi connectivity index (χ1) is 9.18. The van der Waals surface area contributed by atoms with Crippen LogP contribution in [-0.2, 0) is 9.53 Å². The zero-order valence-electron chi connectivity index (χ0n) is 12.1. The molecule has 0 spiro atoms. The highest BCUT2D eigenvalue weighted by atomic mass is 16.5. The van der Waals surface area contributed by atoms with Crippen molar-refractivity contribution in [3.05, 3.63) is 12.2 Å². The molecule has 0 bridgehead atoms. The van der Waals surface area contributed by atoms with Crippen LogP contribution < -0.4 is 0 Å². The molecule has 0 aromatic rings. The predicted octanol–water partition coefficient (Wildman–Crippen LogP) is 4.10. The maximum absolute atomic E-state index is 11.9. The van der Waals surface area contributed by atoms with E-state index in [-0.39, 0.29) is 12.1 Å². The van der Waals surface area contributed by atoms with Crippen molar-refractivity contribution in [3.63, 3.8) is 0 Å². The Balaban J connectivity index is 1.79. The van der Waals surface area contributed by atoms with Crippen molar-refractivity contribution < 1.29 is 9.53 Å². The molecule has 0 amide bonds. The molecule has 3 aliphatic carbocycles. The van der Waals surface area contributed by atoms with Crippen LogP contribution in [0.25, 0.3) is 0 Å². The molecule has 106 valence electrons. The van der Waals surface area contributed by atoms with Gasteiger partial charge in [-0.05, 0) is 56.3 Å². The highest BCUT2D eigenvalue weighted by Gasteiger charge is 2.52. The van der Waals surface area contributed by atoms with Gasteiger partial charge in [0, 0.05) is 5.57 Å². The third-order valence-electron chi connectivity index (χ3n) is 5.74. The molecule has 4 atom stereocenters. The molecule has 0 aliphatic heterocycles. The van der Waals surface area contributed by atoms with Gasteiger partial charge in [0.25, 0.3) is 0 Å². The summed E-state index contributed by atoms with van der Waals surface area (Å²) in [7, 11) is 0. The molecule has 2 heteroatoms. The highest BCUT2D eigenvalue weighted by molar-refractivity contribution is 5.87. The molecule has 19 heavy (non-hydrogen) atoms. The lowest BCUT2D eigenvalue weighted by Crippen LogP contribution is -2.31. The molecule has 3 rings (SSSR count). The van der Waals surface area contributed by atoms with Gasteiger partial charge in [0.1, 0.15) is 6.10 Å². The van der Waals surface area contributed by atoms with Crippen molar-refractivity contribution >= 4 is 5.97 Å². The SMILES string of the molecule is C=C(C)C(=O)OC1C2CCCCC2C2CCCCC21. The average Bonchev–Trinajstić information content (AvgIpc) is 2.74.